The average molecular weight is 368 g/mol. The summed E-state index contributed by atoms with van der Waals surface area (Å²) in [6.07, 6.45) is -0.0441. The normalized spacial score (nSPS) is 22.9. The molecule has 140 valence electrons. The van der Waals surface area contributed by atoms with E-state index in [2.05, 4.69) is 0 Å². The maximum atomic E-state index is 13.1. The van der Waals surface area contributed by atoms with Crippen molar-refractivity contribution in [3.8, 4) is 0 Å². The van der Waals surface area contributed by atoms with Gasteiger partial charge < -0.3 is 14.5 Å². The Hall–Kier alpha value is -2.73. The number of rotatable bonds is 3. The molecule has 0 N–H and O–H groups in total. The van der Waals surface area contributed by atoms with Gasteiger partial charge in [-0.3, -0.25) is 9.59 Å². The Bertz CT molecular complexity index is 825. The SMILES string of the molecule is O=C(C1CC(=O)N(c2ccccc2)C1)N1CCOC(c2ccc(F)cc2)C1. The van der Waals surface area contributed by atoms with Gasteiger partial charge in [-0.05, 0) is 29.8 Å². The molecule has 2 unspecified atom stereocenters. The van der Waals surface area contributed by atoms with Crippen LogP contribution in [0.2, 0.25) is 0 Å². The molecule has 0 saturated carbocycles. The summed E-state index contributed by atoms with van der Waals surface area (Å²) in [6, 6.07) is 15.6. The minimum atomic E-state index is -0.343. The van der Waals surface area contributed by atoms with E-state index in [-0.39, 0.29) is 36.1 Å². The number of anilines is 1. The number of hydrogen-bond acceptors (Lipinski definition) is 3. The Morgan fingerprint density at radius 3 is 2.52 bits per heavy atom. The van der Waals surface area contributed by atoms with Crippen LogP contribution < -0.4 is 4.90 Å². The van der Waals surface area contributed by atoms with Crippen LogP contribution >= 0.6 is 0 Å². The molecule has 0 aliphatic carbocycles. The summed E-state index contributed by atoms with van der Waals surface area (Å²) < 4.78 is 18.9. The van der Waals surface area contributed by atoms with Crippen molar-refractivity contribution in [3.63, 3.8) is 0 Å². The molecule has 27 heavy (non-hydrogen) atoms. The second kappa shape index (κ2) is 7.48. The molecule has 2 aliphatic heterocycles. The summed E-state index contributed by atoms with van der Waals surface area (Å²) in [4.78, 5) is 28.8. The maximum Gasteiger partial charge on any atom is 0.228 e. The van der Waals surface area contributed by atoms with Crippen LogP contribution in [0.3, 0.4) is 0 Å². The highest BCUT2D eigenvalue weighted by molar-refractivity contribution is 6.00. The van der Waals surface area contributed by atoms with Gasteiger partial charge in [0.2, 0.25) is 11.8 Å². The summed E-state index contributed by atoms with van der Waals surface area (Å²) in [5.41, 5.74) is 1.67. The molecule has 0 radical (unpaired) electrons. The lowest BCUT2D eigenvalue weighted by molar-refractivity contribution is -0.143. The van der Waals surface area contributed by atoms with E-state index in [0.29, 0.717) is 26.2 Å². The van der Waals surface area contributed by atoms with Crippen LogP contribution in [0, 0.1) is 11.7 Å². The second-order valence-electron chi connectivity index (χ2n) is 6.94. The third-order valence-electron chi connectivity index (χ3n) is 5.16. The first-order chi connectivity index (χ1) is 13.1. The van der Waals surface area contributed by atoms with Crippen molar-refractivity contribution in [1.29, 1.82) is 0 Å². The molecule has 2 amide bonds. The first kappa shape index (κ1) is 17.7. The number of para-hydroxylation sites is 1. The first-order valence-corrected chi connectivity index (χ1v) is 9.13. The van der Waals surface area contributed by atoms with Crippen molar-refractivity contribution >= 4 is 17.5 Å². The quantitative estimate of drug-likeness (QED) is 0.837. The van der Waals surface area contributed by atoms with E-state index in [0.717, 1.165) is 11.3 Å². The Labute approximate surface area is 157 Å². The lowest BCUT2D eigenvalue weighted by atomic mass is 10.0. The van der Waals surface area contributed by atoms with Gasteiger partial charge in [-0.25, -0.2) is 4.39 Å². The van der Waals surface area contributed by atoms with Crippen LogP contribution in [0.15, 0.2) is 54.6 Å². The molecule has 6 heteroatoms. The van der Waals surface area contributed by atoms with Crippen molar-refractivity contribution < 1.29 is 18.7 Å². The first-order valence-electron chi connectivity index (χ1n) is 9.13. The molecular weight excluding hydrogens is 347 g/mol. The van der Waals surface area contributed by atoms with E-state index >= 15 is 0 Å². The van der Waals surface area contributed by atoms with E-state index in [1.165, 1.54) is 12.1 Å². The third kappa shape index (κ3) is 3.71. The lowest BCUT2D eigenvalue weighted by Gasteiger charge is -2.34. The molecule has 0 bridgehead atoms. The summed E-state index contributed by atoms with van der Waals surface area (Å²) in [6.45, 7) is 1.75. The Kier molecular flexibility index (Phi) is 4.90. The number of nitrogens with zero attached hydrogens (tertiary/aromatic N) is 2. The van der Waals surface area contributed by atoms with Gasteiger partial charge in [0.05, 0.1) is 19.1 Å². The molecular formula is C21H21FN2O3. The number of halogens is 1. The Balaban J connectivity index is 1.43. The van der Waals surface area contributed by atoms with E-state index in [9.17, 15) is 14.0 Å². The number of morpholine rings is 1. The number of ether oxygens (including phenoxy) is 1. The van der Waals surface area contributed by atoms with Crippen LogP contribution in [0.5, 0.6) is 0 Å². The molecule has 2 saturated heterocycles. The highest BCUT2D eigenvalue weighted by atomic mass is 19.1. The molecule has 2 heterocycles. The van der Waals surface area contributed by atoms with Gasteiger partial charge in [0.25, 0.3) is 0 Å². The summed E-state index contributed by atoms with van der Waals surface area (Å²) in [7, 11) is 0. The number of carbonyl (C=O) groups excluding carboxylic acids is 2. The summed E-state index contributed by atoms with van der Waals surface area (Å²) in [5, 5.41) is 0. The topological polar surface area (TPSA) is 49.9 Å². The molecule has 4 rings (SSSR count). The third-order valence-corrected chi connectivity index (χ3v) is 5.16. The van der Waals surface area contributed by atoms with Gasteiger partial charge in [-0.2, -0.15) is 0 Å². The van der Waals surface area contributed by atoms with Crippen LogP contribution in [-0.4, -0.2) is 43.0 Å². The van der Waals surface area contributed by atoms with Crippen LogP contribution in [0.4, 0.5) is 10.1 Å². The zero-order valence-electron chi connectivity index (χ0n) is 14.9. The van der Waals surface area contributed by atoms with E-state index < -0.39 is 0 Å². The zero-order chi connectivity index (χ0) is 18.8. The Morgan fingerprint density at radius 2 is 1.78 bits per heavy atom. The van der Waals surface area contributed by atoms with Gasteiger partial charge in [-0.15, -0.1) is 0 Å². The van der Waals surface area contributed by atoms with Gasteiger partial charge in [0, 0.05) is 25.2 Å². The second-order valence-corrected chi connectivity index (χ2v) is 6.94. The van der Waals surface area contributed by atoms with Crippen LogP contribution in [0.1, 0.15) is 18.1 Å². The molecule has 0 spiro atoms. The number of benzene rings is 2. The van der Waals surface area contributed by atoms with E-state index in [1.54, 1.807) is 21.9 Å². The molecule has 2 fully saturated rings. The smallest absolute Gasteiger partial charge is 0.228 e. The van der Waals surface area contributed by atoms with Gasteiger partial charge >= 0.3 is 0 Å². The Morgan fingerprint density at radius 1 is 1.04 bits per heavy atom. The number of carbonyl (C=O) groups is 2. The van der Waals surface area contributed by atoms with Gasteiger partial charge in [0.1, 0.15) is 11.9 Å². The fourth-order valence-corrected chi connectivity index (χ4v) is 3.72. The zero-order valence-corrected chi connectivity index (χ0v) is 14.9. The largest absolute Gasteiger partial charge is 0.370 e. The minimum Gasteiger partial charge on any atom is -0.370 e. The molecule has 2 aromatic carbocycles. The average Bonchev–Trinajstić information content (AvgIpc) is 3.10. The molecule has 5 nitrogen and oxygen atoms in total. The summed E-state index contributed by atoms with van der Waals surface area (Å²) in [5.74, 6) is -0.683. The van der Waals surface area contributed by atoms with Crippen molar-refractivity contribution in [2.45, 2.75) is 12.5 Å². The number of amides is 2. The molecule has 2 atom stereocenters. The van der Waals surface area contributed by atoms with Crippen LogP contribution in [-0.2, 0) is 14.3 Å². The van der Waals surface area contributed by atoms with Crippen molar-refractivity contribution in [2.75, 3.05) is 31.1 Å². The van der Waals surface area contributed by atoms with Gasteiger partial charge in [-0.1, -0.05) is 30.3 Å². The fraction of sp³-hybridized carbons (Fsp3) is 0.333. The predicted octanol–water partition coefficient (Wildman–Crippen LogP) is 2.78. The van der Waals surface area contributed by atoms with Crippen molar-refractivity contribution in [2.24, 2.45) is 5.92 Å². The maximum absolute atomic E-state index is 13.1. The molecule has 2 aromatic rings. The fourth-order valence-electron chi connectivity index (χ4n) is 3.72. The number of hydrogen-bond donors (Lipinski definition) is 0. The van der Waals surface area contributed by atoms with Gasteiger partial charge in [0.15, 0.2) is 0 Å². The highest BCUT2D eigenvalue weighted by Gasteiger charge is 2.38. The molecule has 2 aliphatic rings. The van der Waals surface area contributed by atoms with E-state index in [4.69, 9.17) is 4.74 Å². The van der Waals surface area contributed by atoms with Crippen molar-refractivity contribution in [1.82, 2.24) is 4.90 Å². The molecule has 0 aromatic heterocycles. The monoisotopic (exact) mass is 368 g/mol. The van der Waals surface area contributed by atoms with E-state index in [1.807, 2.05) is 30.3 Å². The highest BCUT2D eigenvalue weighted by Crippen LogP contribution is 2.28. The van der Waals surface area contributed by atoms with Crippen molar-refractivity contribution in [3.05, 3.63) is 66.0 Å². The minimum absolute atomic E-state index is 0.0165. The predicted molar refractivity (Wildman–Crippen MR) is 98.6 cm³/mol. The summed E-state index contributed by atoms with van der Waals surface area (Å²) >= 11 is 0. The standard InChI is InChI=1S/C21H21FN2O3/c22-17-8-6-15(7-9-17)19-14-23(10-11-27-19)21(26)16-12-20(25)24(13-16)18-4-2-1-3-5-18/h1-9,16,19H,10-14H2. The van der Waals surface area contributed by atoms with Crippen LogP contribution in [0.25, 0.3) is 0 Å². The lowest BCUT2D eigenvalue weighted by Crippen LogP contribution is -2.45.